The van der Waals surface area contributed by atoms with Crippen molar-refractivity contribution in [2.75, 3.05) is 17.2 Å². The summed E-state index contributed by atoms with van der Waals surface area (Å²) in [5, 5.41) is 12.1. The van der Waals surface area contributed by atoms with E-state index in [-0.39, 0.29) is 5.97 Å². The first kappa shape index (κ1) is 22.5. The zero-order chi connectivity index (χ0) is 22.5. The number of aromatic nitrogens is 2. The zero-order valence-corrected chi connectivity index (χ0v) is 20.1. The summed E-state index contributed by atoms with van der Waals surface area (Å²) >= 11 is 7.14. The highest BCUT2D eigenvalue weighted by atomic mass is 32.1. The lowest BCUT2D eigenvalue weighted by molar-refractivity contribution is 0.0527. The maximum absolute atomic E-state index is 12.7. The molecule has 3 aromatic rings. The van der Waals surface area contributed by atoms with Crippen LogP contribution in [0.15, 0.2) is 36.5 Å². The Morgan fingerprint density at radius 2 is 1.94 bits per heavy atom. The highest BCUT2D eigenvalue weighted by molar-refractivity contribution is 7.80. The third kappa shape index (κ3) is 5.37. The summed E-state index contributed by atoms with van der Waals surface area (Å²) in [7, 11) is 0. The van der Waals surface area contributed by atoms with Crippen molar-refractivity contribution in [2.45, 2.75) is 52.5 Å². The average molecular weight is 469 g/mol. The summed E-state index contributed by atoms with van der Waals surface area (Å²) in [6.45, 7) is 4.94. The number of hydrogen-bond donors (Lipinski definition) is 2. The quantitative estimate of drug-likeness (QED) is 0.281. The number of carbonyl (C=O) groups is 1. The van der Waals surface area contributed by atoms with Crippen LogP contribution in [0.3, 0.4) is 0 Å². The molecule has 1 aliphatic carbocycles. The van der Waals surface area contributed by atoms with Gasteiger partial charge in [-0.25, -0.2) is 4.79 Å². The van der Waals surface area contributed by atoms with E-state index < -0.39 is 0 Å². The predicted octanol–water partition coefficient (Wildman–Crippen LogP) is 5.56. The van der Waals surface area contributed by atoms with Gasteiger partial charge in [-0.1, -0.05) is 36.2 Å². The number of nitrogens with one attached hydrogen (secondary N) is 2. The maximum atomic E-state index is 12.7. The predicted molar refractivity (Wildman–Crippen MR) is 134 cm³/mol. The topological polar surface area (TPSA) is 68.2 Å². The molecule has 0 saturated carbocycles. The number of nitrogens with zero attached hydrogens (tertiary/aromatic N) is 2. The van der Waals surface area contributed by atoms with Crippen LogP contribution in [0.5, 0.6) is 0 Å². The molecule has 8 heteroatoms. The lowest BCUT2D eigenvalue weighted by Gasteiger charge is -2.10. The van der Waals surface area contributed by atoms with E-state index in [0.29, 0.717) is 29.6 Å². The second-order valence-corrected chi connectivity index (χ2v) is 9.47. The molecule has 0 unspecified atom stereocenters. The van der Waals surface area contributed by atoms with Crippen LogP contribution in [-0.4, -0.2) is 27.5 Å². The Labute approximate surface area is 198 Å². The van der Waals surface area contributed by atoms with Crippen LogP contribution in [-0.2, 0) is 24.1 Å². The Morgan fingerprint density at radius 3 is 2.72 bits per heavy atom. The van der Waals surface area contributed by atoms with Gasteiger partial charge >= 0.3 is 5.97 Å². The fraction of sp³-hybridized carbons (Fsp3) is 0.375. The van der Waals surface area contributed by atoms with Crippen LogP contribution in [0.4, 0.5) is 10.8 Å². The number of anilines is 2. The van der Waals surface area contributed by atoms with Gasteiger partial charge in [0.1, 0.15) is 5.00 Å². The van der Waals surface area contributed by atoms with Gasteiger partial charge in [-0.3, -0.25) is 4.68 Å². The summed E-state index contributed by atoms with van der Waals surface area (Å²) < 4.78 is 7.22. The van der Waals surface area contributed by atoms with Gasteiger partial charge in [0, 0.05) is 17.1 Å². The standard InChI is InChI=1S/C24H28N4O2S2/c1-3-30-23(29)21-18-7-5-4-6-8-19(18)32-22(21)26-24(31)25-20-13-14-28(27-20)15-17-11-9-16(2)10-12-17/h9-14H,3-8,15H2,1-2H3,(H2,25,26,27,31). The largest absolute Gasteiger partial charge is 0.462 e. The number of aryl methyl sites for hydroxylation is 2. The molecule has 2 N–H and O–H groups in total. The first-order valence-electron chi connectivity index (χ1n) is 11.0. The van der Waals surface area contributed by atoms with Gasteiger partial charge in [-0.2, -0.15) is 5.10 Å². The molecule has 4 rings (SSSR count). The summed E-state index contributed by atoms with van der Waals surface area (Å²) in [4.78, 5) is 14.0. The maximum Gasteiger partial charge on any atom is 0.341 e. The highest BCUT2D eigenvalue weighted by Gasteiger charge is 2.26. The lowest BCUT2D eigenvalue weighted by Crippen LogP contribution is -2.21. The zero-order valence-electron chi connectivity index (χ0n) is 18.4. The lowest BCUT2D eigenvalue weighted by atomic mass is 10.1. The van der Waals surface area contributed by atoms with Gasteiger partial charge < -0.3 is 15.4 Å². The number of rotatable bonds is 6. The van der Waals surface area contributed by atoms with Crippen LogP contribution in [0.1, 0.15) is 58.1 Å². The molecule has 0 amide bonds. The summed E-state index contributed by atoms with van der Waals surface area (Å²) in [6, 6.07) is 10.3. The Morgan fingerprint density at radius 1 is 1.16 bits per heavy atom. The molecule has 0 atom stereocenters. The molecule has 1 aromatic carbocycles. The van der Waals surface area contributed by atoms with E-state index in [1.165, 1.54) is 22.4 Å². The van der Waals surface area contributed by atoms with Crippen molar-refractivity contribution < 1.29 is 9.53 Å². The van der Waals surface area contributed by atoms with Gasteiger partial charge in [-0.05, 0) is 62.9 Å². The molecule has 2 aromatic heterocycles. The molecule has 2 heterocycles. The molecule has 0 bridgehead atoms. The summed E-state index contributed by atoms with van der Waals surface area (Å²) in [5.41, 5.74) is 4.19. The van der Waals surface area contributed by atoms with Crippen LogP contribution in [0.25, 0.3) is 0 Å². The van der Waals surface area contributed by atoms with E-state index in [2.05, 4.69) is 46.9 Å². The van der Waals surface area contributed by atoms with E-state index in [1.54, 1.807) is 11.3 Å². The van der Waals surface area contributed by atoms with Crippen molar-refractivity contribution in [3.63, 3.8) is 0 Å². The SMILES string of the molecule is CCOC(=O)c1c(NC(=S)Nc2ccn(Cc3ccc(C)cc3)n2)sc2c1CCCCC2. The number of carbonyl (C=O) groups excluding carboxylic acids is 1. The first-order chi connectivity index (χ1) is 15.5. The fourth-order valence-electron chi connectivity index (χ4n) is 3.90. The molecular formula is C24H28N4O2S2. The van der Waals surface area contributed by atoms with Crippen molar-refractivity contribution in [3.05, 3.63) is 63.7 Å². The number of benzene rings is 1. The molecule has 0 radical (unpaired) electrons. The Kier molecular flexibility index (Phi) is 7.22. The molecule has 0 saturated heterocycles. The minimum Gasteiger partial charge on any atom is -0.462 e. The highest BCUT2D eigenvalue weighted by Crippen LogP contribution is 2.38. The minimum atomic E-state index is -0.278. The monoisotopic (exact) mass is 468 g/mol. The van der Waals surface area contributed by atoms with Crippen LogP contribution < -0.4 is 10.6 Å². The molecule has 168 valence electrons. The van der Waals surface area contributed by atoms with Crippen molar-refractivity contribution >= 4 is 45.5 Å². The van der Waals surface area contributed by atoms with Crippen LogP contribution in [0, 0.1) is 6.92 Å². The van der Waals surface area contributed by atoms with E-state index in [1.807, 2.05) is 23.9 Å². The number of thiophene rings is 1. The smallest absolute Gasteiger partial charge is 0.341 e. The third-order valence-electron chi connectivity index (χ3n) is 5.48. The second kappa shape index (κ2) is 10.3. The Bertz CT molecular complexity index is 1100. The van der Waals surface area contributed by atoms with E-state index in [0.717, 1.165) is 36.2 Å². The Hall–Kier alpha value is -2.71. The van der Waals surface area contributed by atoms with Crippen molar-refractivity contribution in [2.24, 2.45) is 0 Å². The normalized spacial score (nSPS) is 13.2. The Balaban J connectivity index is 1.45. The van der Waals surface area contributed by atoms with Crippen LogP contribution in [0.2, 0.25) is 0 Å². The van der Waals surface area contributed by atoms with Crippen molar-refractivity contribution in [1.82, 2.24) is 9.78 Å². The van der Waals surface area contributed by atoms with Crippen molar-refractivity contribution in [3.8, 4) is 0 Å². The van der Waals surface area contributed by atoms with Crippen molar-refractivity contribution in [1.29, 1.82) is 0 Å². The summed E-state index contributed by atoms with van der Waals surface area (Å²) in [5.74, 6) is 0.380. The fourth-order valence-corrected chi connectivity index (χ4v) is 5.45. The van der Waals surface area contributed by atoms with Gasteiger partial charge in [0.25, 0.3) is 0 Å². The summed E-state index contributed by atoms with van der Waals surface area (Å²) in [6.07, 6.45) is 7.26. The van der Waals surface area contributed by atoms with Crippen LogP contribution >= 0.6 is 23.6 Å². The number of ether oxygens (including phenoxy) is 1. The number of thiocarbonyl (C=S) groups is 1. The number of hydrogen-bond acceptors (Lipinski definition) is 5. The first-order valence-corrected chi connectivity index (χ1v) is 12.2. The van der Waals surface area contributed by atoms with Gasteiger partial charge in [0.2, 0.25) is 0 Å². The minimum absolute atomic E-state index is 0.278. The molecule has 0 aliphatic heterocycles. The van der Waals surface area contributed by atoms with Gasteiger partial charge in [0.15, 0.2) is 10.9 Å². The number of esters is 1. The molecule has 0 spiro atoms. The molecule has 6 nitrogen and oxygen atoms in total. The second-order valence-electron chi connectivity index (χ2n) is 7.95. The molecule has 1 aliphatic rings. The number of fused-ring (bicyclic) bond motifs is 1. The molecular weight excluding hydrogens is 440 g/mol. The van der Waals surface area contributed by atoms with E-state index in [4.69, 9.17) is 17.0 Å². The third-order valence-corrected chi connectivity index (χ3v) is 6.89. The van der Waals surface area contributed by atoms with E-state index >= 15 is 0 Å². The van der Waals surface area contributed by atoms with E-state index in [9.17, 15) is 4.79 Å². The average Bonchev–Trinajstić information content (AvgIpc) is 3.26. The van der Waals surface area contributed by atoms with Gasteiger partial charge in [-0.15, -0.1) is 11.3 Å². The molecule has 0 fully saturated rings. The van der Waals surface area contributed by atoms with Gasteiger partial charge in [0.05, 0.1) is 18.7 Å². The molecule has 32 heavy (non-hydrogen) atoms.